The Hall–Kier alpha value is -0.910. The Morgan fingerprint density at radius 3 is 2.71 bits per heavy atom. The number of hydrogen-bond donors (Lipinski definition) is 1. The summed E-state index contributed by atoms with van der Waals surface area (Å²) in [6.45, 7) is 7.92. The number of amides is 1. The van der Waals surface area contributed by atoms with Crippen molar-refractivity contribution < 1.29 is 9.53 Å². The fourth-order valence-electron chi connectivity index (χ4n) is 3.42. The molecule has 0 spiro atoms. The van der Waals surface area contributed by atoms with Gasteiger partial charge in [0, 0.05) is 29.0 Å². The van der Waals surface area contributed by atoms with E-state index in [1.165, 1.54) is 9.75 Å². The molecule has 21 heavy (non-hydrogen) atoms. The zero-order valence-corrected chi connectivity index (χ0v) is 13.8. The molecule has 1 N–H and O–H groups in total. The zero-order chi connectivity index (χ0) is 15.0. The van der Waals surface area contributed by atoms with Crippen molar-refractivity contribution in [3.05, 3.63) is 21.9 Å². The van der Waals surface area contributed by atoms with Crippen LogP contribution in [0.4, 0.5) is 0 Å². The molecule has 5 heteroatoms. The Morgan fingerprint density at radius 1 is 1.38 bits per heavy atom. The summed E-state index contributed by atoms with van der Waals surface area (Å²) >= 11 is 1.78. The number of carbonyl (C=O) groups excluding carboxylic acids is 1. The fraction of sp³-hybridized carbons (Fsp3) is 0.688. The van der Waals surface area contributed by atoms with Crippen molar-refractivity contribution in [3.63, 3.8) is 0 Å². The van der Waals surface area contributed by atoms with Crippen LogP contribution in [-0.2, 0) is 9.53 Å². The average molecular weight is 308 g/mol. The zero-order valence-electron chi connectivity index (χ0n) is 13.0. The molecule has 3 atom stereocenters. The van der Waals surface area contributed by atoms with E-state index >= 15 is 0 Å². The van der Waals surface area contributed by atoms with Gasteiger partial charge in [-0.3, -0.25) is 10.1 Å². The van der Waals surface area contributed by atoms with E-state index in [-0.39, 0.29) is 24.2 Å². The van der Waals surface area contributed by atoms with Crippen molar-refractivity contribution in [2.75, 3.05) is 13.2 Å². The van der Waals surface area contributed by atoms with E-state index in [2.05, 4.69) is 36.2 Å². The predicted molar refractivity (Wildman–Crippen MR) is 84.2 cm³/mol. The number of carbonyl (C=O) groups is 1. The van der Waals surface area contributed by atoms with Crippen LogP contribution in [0.3, 0.4) is 0 Å². The van der Waals surface area contributed by atoms with Gasteiger partial charge in [0.2, 0.25) is 5.91 Å². The van der Waals surface area contributed by atoms with E-state index in [4.69, 9.17) is 4.74 Å². The third kappa shape index (κ3) is 2.87. The monoisotopic (exact) mass is 308 g/mol. The summed E-state index contributed by atoms with van der Waals surface area (Å²) in [5, 5.41) is 3.46. The molecule has 0 saturated carbocycles. The quantitative estimate of drug-likeness (QED) is 0.933. The second kappa shape index (κ2) is 6.07. The summed E-state index contributed by atoms with van der Waals surface area (Å²) in [6.07, 6.45) is 2.13. The topological polar surface area (TPSA) is 41.6 Å². The Morgan fingerprint density at radius 2 is 2.10 bits per heavy atom. The van der Waals surface area contributed by atoms with Crippen molar-refractivity contribution in [3.8, 4) is 0 Å². The highest BCUT2D eigenvalue weighted by atomic mass is 32.1. The van der Waals surface area contributed by atoms with Crippen LogP contribution in [0.2, 0.25) is 0 Å². The number of rotatable bonds is 3. The molecule has 3 unspecified atom stereocenters. The van der Waals surface area contributed by atoms with E-state index in [1.807, 2.05) is 6.92 Å². The lowest BCUT2D eigenvalue weighted by molar-refractivity contribution is -0.133. The van der Waals surface area contributed by atoms with E-state index in [1.54, 1.807) is 11.3 Å². The molecular formula is C16H24N2O2S. The molecule has 0 radical (unpaired) electrons. The van der Waals surface area contributed by atoms with Gasteiger partial charge in [-0.15, -0.1) is 11.3 Å². The van der Waals surface area contributed by atoms with Crippen molar-refractivity contribution >= 4 is 17.2 Å². The molecule has 116 valence electrons. The van der Waals surface area contributed by atoms with Crippen LogP contribution in [-0.4, -0.2) is 36.1 Å². The molecule has 3 rings (SSSR count). The fourth-order valence-corrected chi connectivity index (χ4v) is 4.36. The maximum absolute atomic E-state index is 12.6. The van der Waals surface area contributed by atoms with E-state index in [0.717, 1.165) is 26.1 Å². The maximum Gasteiger partial charge on any atom is 0.241 e. The van der Waals surface area contributed by atoms with Crippen LogP contribution < -0.4 is 5.32 Å². The molecule has 2 saturated heterocycles. The SMILES string of the molecule is Cc1ccc(C2NC(C)C(=O)N2C(C)C2CCOCC2)s1. The molecule has 2 aliphatic rings. The van der Waals surface area contributed by atoms with Gasteiger partial charge in [0.25, 0.3) is 0 Å². The number of thiophene rings is 1. The third-order valence-electron chi connectivity index (χ3n) is 4.73. The highest BCUT2D eigenvalue weighted by Gasteiger charge is 2.42. The molecule has 1 aromatic heterocycles. The first-order chi connectivity index (χ1) is 10.1. The van der Waals surface area contributed by atoms with Gasteiger partial charge in [-0.25, -0.2) is 0 Å². The third-order valence-corrected chi connectivity index (χ3v) is 5.78. The lowest BCUT2D eigenvalue weighted by Gasteiger charge is -2.37. The molecule has 4 nitrogen and oxygen atoms in total. The minimum atomic E-state index is -0.0975. The molecule has 0 bridgehead atoms. The largest absolute Gasteiger partial charge is 0.381 e. The van der Waals surface area contributed by atoms with Gasteiger partial charge < -0.3 is 9.64 Å². The minimum Gasteiger partial charge on any atom is -0.381 e. The smallest absolute Gasteiger partial charge is 0.241 e. The van der Waals surface area contributed by atoms with Crippen LogP contribution in [0.15, 0.2) is 12.1 Å². The van der Waals surface area contributed by atoms with E-state index in [9.17, 15) is 4.79 Å². The van der Waals surface area contributed by atoms with Gasteiger partial charge in [0.05, 0.1) is 6.04 Å². The maximum atomic E-state index is 12.6. The summed E-state index contributed by atoms with van der Waals surface area (Å²) < 4.78 is 5.46. The van der Waals surface area contributed by atoms with E-state index in [0.29, 0.717) is 5.92 Å². The molecule has 1 aromatic rings. The van der Waals surface area contributed by atoms with Gasteiger partial charge in [-0.2, -0.15) is 0 Å². The highest BCUT2D eigenvalue weighted by Crippen LogP contribution is 2.35. The first kappa shape index (κ1) is 15.0. The van der Waals surface area contributed by atoms with Crippen molar-refractivity contribution in [1.29, 1.82) is 0 Å². The Bertz CT molecular complexity index is 510. The first-order valence-electron chi connectivity index (χ1n) is 7.80. The van der Waals surface area contributed by atoms with Gasteiger partial charge in [0.1, 0.15) is 6.17 Å². The summed E-state index contributed by atoms with van der Waals surface area (Å²) in [4.78, 5) is 17.2. The Kier molecular flexibility index (Phi) is 4.33. The number of nitrogens with one attached hydrogen (secondary N) is 1. The normalized spacial score (nSPS) is 29.1. The average Bonchev–Trinajstić information content (AvgIpc) is 3.04. The predicted octanol–water partition coefficient (Wildman–Crippen LogP) is 2.69. The number of nitrogens with zero attached hydrogens (tertiary/aromatic N) is 1. The first-order valence-corrected chi connectivity index (χ1v) is 8.62. The second-order valence-corrected chi connectivity index (χ2v) is 7.49. The van der Waals surface area contributed by atoms with Gasteiger partial charge >= 0.3 is 0 Å². The lowest BCUT2D eigenvalue weighted by Crippen LogP contribution is -2.44. The molecule has 2 aliphatic heterocycles. The summed E-state index contributed by atoms with van der Waals surface area (Å²) in [5.41, 5.74) is 0. The Labute approximate surface area is 130 Å². The molecule has 0 aliphatic carbocycles. The van der Waals surface area contributed by atoms with Crippen molar-refractivity contribution in [2.45, 2.75) is 51.9 Å². The molecular weight excluding hydrogens is 284 g/mol. The van der Waals surface area contributed by atoms with Crippen molar-refractivity contribution in [1.82, 2.24) is 10.2 Å². The molecule has 2 fully saturated rings. The molecule has 1 amide bonds. The second-order valence-electron chi connectivity index (χ2n) is 6.18. The lowest BCUT2D eigenvalue weighted by atomic mass is 9.91. The van der Waals surface area contributed by atoms with Crippen LogP contribution in [0.5, 0.6) is 0 Å². The number of aryl methyl sites for hydroxylation is 1. The number of ether oxygens (including phenoxy) is 1. The van der Waals surface area contributed by atoms with Crippen LogP contribution in [0.1, 0.15) is 42.6 Å². The van der Waals surface area contributed by atoms with Crippen LogP contribution in [0, 0.1) is 12.8 Å². The van der Waals surface area contributed by atoms with Crippen LogP contribution >= 0.6 is 11.3 Å². The standard InChI is InChI=1S/C16H24N2O2S/c1-10-4-5-14(21-10)15-17-11(2)16(19)18(15)12(3)13-6-8-20-9-7-13/h4-5,11-13,15,17H,6-9H2,1-3H3. The van der Waals surface area contributed by atoms with Crippen molar-refractivity contribution in [2.24, 2.45) is 5.92 Å². The summed E-state index contributed by atoms with van der Waals surface area (Å²) in [6, 6.07) is 4.44. The molecule has 3 heterocycles. The van der Waals surface area contributed by atoms with Gasteiger partial charge in [0.15, 0.2) is 0 Å². The van der Waals surface area contributed by atoms with Crippen LogP contribution in [0.25, 0.3) is 0 Å². The number of hydrogen-bond acceptors (Lipinski definition) is 4. The molecule has 0 aromatic carbocycles. The Balaban J connectivity index is 1.83. The van der Waals surface area contributed by atoms with E-state index < -0.39 is 0 Å². The highest BCUT2D eigenvalue weighted by molar-refractivity contribution is 7.12. The van der Waals surface area contributed by atoms with Gasteiger partial charge in [-0.1, -0.05) is 0 Å². The summed E-state index contributed by atoms with van der Waals surface area (Å²) in [5.74, 6) is 0.767. The summed E-state index contributed by atoms with van der Waals surface area (Å²) in [7, 11) is 0. The van der Waals surface area contributed by atoms with Gasteiger partial charge in [-0.05, 0) is 51.7 Å². The minimum absolute atomic E-state index is 0.0315.